The maximum atomic E-state index is 11.6. The fourth-order valence-corrected chi connectivity index (χ4v) is 1.83. The number of carbonyl (C=O) groups excluding carboxylic acids is 2. The number of nitrogens with zero attached hydrogens (tertiary/aromatic N) is 2. The van der Waals surface area contributed by atoms with E-state index < -0.39 is 0 Å². The van der Waals surface area contributed by atoms with Crippen LogP contribution in [0.1, 0.15) is 26.2 Å². The second-order valence-corrected chi connectivity index (χ2v) is 4.36. The van der Waals surface area contributed by atoms with Crippen molar-refractivity contribution in [3.05, 3.63) is 0 Å². The molecule has 0 aliphatic carbocycles. The Morgan fingerprint density at radius 2 is 1.88 bits per heavy atom. The number of amides is 3. The van der Waals surface area contributed by atoms with E-state index in [4.69, 9.17) is 0 Å². The van der Waals surface area contributed by atoms with Crippen LogP contribution in [-0.4, -0.2) is 55.0 Å². The first-order chi connectivity index (χ1) is 7.54. The molecule has 1 rings (SSSR count). The van der Waals surface area contributed by atoms with Crippen LogP contribution in [0.4, 0.5) is 4.79 Å². The Hall–Kier alpha value is -1.26. The molecular formula is C11H21N3O2. The smallest absolute Gasteiger partial charge is 0.319 e. The number of nitrogens with one attached hydrogen (secondary N) is 1. The van der Waals surface area contributed by atoms with Gasteiger partial charge in [0.1, 0.15) is 0 Å². The summed E-state index contributed by atoms with van der Waals surface area (Å²) < 4.78 is 0. The number of carbonyl (C=O) groups is 2. The van der Waals surface area contributed by atoms with Gasteiger partial charge in [0.15, 0.2) is 0 Å². The zero-order valence-electron chi connectivity index (χ0n) is 10.3. The first-order valence-electron chi connectivity index (χ1n) is 5.80. The third kappa shape index (κ3) is 3.40. The van der Waals surface area contributed by atoms with Crippen LogP contribution in [0.2, 0.25) is 0 Å². The average molecular weight is 227 g/mol. The number of hydrogen-bond acceptors (Lipinski definition) is 2. The molecule has 3 amide bonds. The van der Waals surface area contributed by atoms with Gasteiger partial charge in [-0.15, -0.1) is 0 Å². The molecule has 0 saturated carbocycles. The minimum absolute atomic E-state index is 0.0558. The monoisotopic (exact) mass is 227 g/mol. The quantitative estimate of drug-likeness (QED) is 0.753. The molecule has 16 heavy (non-hydrogen) atoms. The van der Waals surface area contributed by atoms with Gasteiger partial charge in [0.2, 0.25) is 5.91 Å². The van der Waals surface area contributed by atoms with Crippen molar-refractivity contribution in [2.75, 3.05) is 27.2 Å². The normalized spacial score (nSPS) is 17.1. The molecule has 92 valence electrons. The maximum Gasteiger partial charge on any atom is 0.319 e. The Morgan fingerprint density at radius 3 is 2.31 bits per heavy atom. The molecule has 5 nitrogen and oxygen atoms in total. The standard InChI is InChI=1S/C11H21N3O2/c1-4-10(15)12-9-5-7-14(8-6-9)11(16)13(2)3/h9H,4-8H2,1-3H3,(H,12,15). The topological polar surface area (TPSA) is 52.7 Å². The van der Waals surface area contributed by atoms with E-state index in [1.807, 2.05) is 11.8 Å². The highest BCUT2D eigenvalue weighted by molar-refractivity contribution is 5.76. The molecule has 0 spiro atoms. The van der Waals surface area contributed by atoms with E-state index in [-0.39, 0.29) is 18.0 Å². The van der Waals surface area contributed by atoms with E-state index in [0.717, 1.165) is 25.9 Å². The van der Waals surface area contributed by atoms with Crippen LogP contribution in [0.5, 0.6) is 0 Å². The van der Waals surface area contributed by atoms with Crippen LogP contribution in [0.25, 0.3) is 0 Å². The van der Waals surface area contributed by atoms with E-state index in [0.29, 0.717) is 6.42 Å². The minimum Gasteiger partial charge on any atom is -0.353 e. The van der Waals surface area contributed by atoms with Crippen molar-refractivity contribution in [3.63, 3.8) is 0 Å². The summed E-state index contributed by atoms with van der Waals surface area (Å²) in [4.78, 5) is 26.3. The van der Waals surface area contributed by atoms with Crippen LogP contribution in [0, 0.1) is 0 Å². The van der Waals surface area contributed by atoms with Crippen LogP contribution < -0.4 is 5.32 Å². The Labute approximate surface area is 96.8 Å². The molecule has 0 atom stereocenters. The van der Waals surface area contributed by atoms with Gasteiger partial charge in [0, 0.05) is 39.6 Å². The van der Waals surface area contributed by atoms with E-state index in [1.54, 1.807) is 19.0 Å². The summed E-state index contributed by atoms with van der Waals surface area (Å²) >= 11 is 0. The molecule has 0 unspecified atom stereocenters. The summed E-state index contributed by atoms with van der Waals surface area (Å²) in [5, 5.41) is 2.97. The summed E-state index contributed by atoms with van der Waals surface area (Å²) in [5.41, 5.74) is 0. The molecule has 1 aliphatic heterocycles. The molecule has 1 N–H and O–H groups in total. The molecule has 0 radical (unpaired) electrons. The van der Waals surface area contributed by atoms with E-state index in [9.17, 15) is 9.59 Å². The summed E-state index contributed by atoms with van der Waals surface area (Å²) in [6.07, 6.45) is 2.23. The van der Waals surface area contributed by atoms with E-state index >= 15 is 0 Å². The van der Waals surface area contributed by atoms with Crippen molar-refractivity contribution in [1.29, 1.82) is 0 Å². The Kier molecular flexibility index (Phi) is 4.58. The Morgan fingerprint density at radius 1 is 1.31 bits per heavy atom. The molecule has 0 aromatic heterocycles. The van der Waals surface area contributed by atoms with Crippen molar-refractivity contribution in [2.45, 2.75) is 32.2 Å². The van der Waals surface area contributed by atoms with Gasteiger partial charge in [-0.05, 0) is 12.8 Å². The average Bonchev–Trinajstić information content (AvgIpc) is 2.28. The second kappa shape index (κ2) is 5.72. The predicted molar refractivity (Wildman–Crippen MR) is 62.1 cm³/mol. The third-order valence-electron chi connectivity index (χ3n) is 2.83. The van der Waals surface area contributed by atoms with E-state index in [1.165, 1.54) is 0 Å². The van der Waals surface area contributed by atoms with Gasteiger partial charge in [-0.25, -0.2) is 4.79 Å². The van der Waals surface area contributed by atoms with Gasteiger partial charge in [-0.3, -0.25) is 4.79 Å². The third-order valence-corrected chi connectivity index (χ3v) is 2.83. The van der Waals surface area contributed by atoms with Gasteiger partial charge in [0.05, 0.1) is 0 Å². The SMILES string of the molecule is CCC(=O)NC1CCN(C(=O)N(C)C)CC1. The maximum absolute atomic E-state index is 11.6. The molecule has 5 heteroatoms. The van der Waals surface area contributed by atoms with Crippen molar-refractivity contribution in [2.24, 2.45) is 0 Å². The van der Waals surface area contributed by atoms with Gasteiger partial charge >= 0.3 is 6.03 Å². The highest BCUT2D eigenvalue weighted by Gasteiger charge is 2.24. The van der Waals surface area contributed by atoms with Gasteiger partial charge in [-0.2, -0.15) is 0 Å². The molecule has 1 saturated heterocycles. The van der Waals surface area contributed by atoms with Crippen molar-refractivity contribution < 1.29 is 9.59 Å². The van der Waals surface area contributed by atoms with Crippen LogP contribution >= 0.6 is 0 Å². The van der Waals surface area contributed by atoms with Crippen LogP contribution in [0.15, 0.2) is 0 Å². The predicted octanol–water partition coefficient (Wildman–Crippen LogP) is 0.659. The fourth-order valence-electron chi connectivity index (χ4n) is 1.83. The lowest BCUT2D eigenvalue weighted by atomic mass is 10.1. The van der Waals surface area contributed by atoms with Crippen LogP contribution in [0.3, 0.4) is 0 Å². The zero-order chi connectivity index (χ0) is 12.1. The molecule has 1 aliphatic rings. The van der Waals surface area contributed by atoms with Crippen molar-refractivity contribution in [1.82, 2.24) is 15.1 Å². The lowest BCUT2D eigenvalue weighted by Crippen LogP contribution is -2.49. The van der Waals surface area contributed by atoms with E-state index in [2.05, 4.69) is 5.32 Å². The summed E-state index contributed by atoms with van der Waals surface area (Å²) in [7, 11) is 3.51. The number of likely N-dealkylation sites (tertiary alicyclic amines) is 1. The summed E-state index contributed by atoms with van der Waals surface area (Å²) in [5.74, 6) is 0.0948. The van der Waals surface area contributed by atoms with Gasteiger partial charge in [-0.1, -0.05) is 6.92 Å². The number of rotatable bonds is 2. The number of urea groups is 1. The summed E-state index contributed by atoms with van der Waals surface area (Å²) in [6.45, 7) is 3.30. The molecule has 0 aromatic carbocycles. The molecule has 0 bridgehead atoms. The van der Waals surface area contributed by atoms with Gasteiger partial charge < -0.3 is 15.1 Å². The van der Waals surface area contributed by atoms with Crippen LogP contribution in [-0.2, 0) is 4.79 Å². The van der Waals surface area contributed by atoms with Crippen molar-refractivity contribution in [3.8, 4) is 0 Å². The Balaban J connectivity index is 2.34. The fraction of sp³-hybridized carbons (Fsp3) is 0.818. The first kappa shape index (κ1) is 12.8. The Bertz CT molecular complexity index is 258. The lowest BCUT2D eigenvalue weighted by Gasteiger charge is -2.33. The molecule has 1 heterocycles. The highest BCUT2D eigenvalue weighted by atomic mass is 16.2. The highest BCUT2D eigenvalue weighted by Crippen LogP contribution is 2.11. The summed E-state index contributed by atoms with van der Waals surface area (Å²) in [6, 6.07) is 0.291. The van der Waals surface area contributed by atoms with Gasteiger partial charge in [0.25, 0.3) is 0 Å². The second-order valence-electron chi connectivity index (χ2n) is 4.36. The molecule has 0 aromatic rings. The molecular weight excluding hydrogens is 206 g/mol. The minimum atomic E-state index is 0.0558. The number of hydrogen-bond donors (Lipinski definition) is 1. The lowest BCUT2D eigenvalue weighted by molar-refractivity contribution is -0.121. The zero-order valence-corrected chi connectivity index (χ0v) is 10.3. The number of piperidine rings is 1. The van der Waals surface area contributed by atoms with Crippen molar-refractivity contribution >= 4 is 11.9 Å². The largest absolute Gasteiger partial charge is 0.353 e. The molecule has 1 fully saturated rings. The first-order valence-corrected chi connectivity index (χ1v) is 5.80.